The molecule has 2 heterocycles. The fraction of sp³-hybridized carbons (Fsp3) is 0.227. The van der Waals surface area contributed by atoms with Crippen molar-refractivity contribution >= 4 is 44.7 Å². The van der Waals surface area contributed by atoms with Crippen molar-refractivity contribution in [2.24, 2.45) is 0 Å². The number of aromatic nitrogens is 2. The lowest BCUT2D eigenvalue weighted by Gasteiger charge is -2.28. The lowest BCUT2D eigenvalue weighted by Crippen LogP contribution is -2.36. The summed E-state index contributed by atoms with van der Waals surface area (Å²) in [6, 6.07) is 14.6. The van der Waals surface area contributed by atoms with E-state index in [2.05, 4.69) is 41.7 Å². The van der Waals surface area contributed by atoms with Crippen LogP contribution in [0.15, 0.2) is 59.2 Å². The van der Waals surface area contributed by atoms with Gasteiger partial charge in [0, 0.05) is 35.0 Å². The third-order valence-electron chi connectivity index (χ3n) is 4.85. The van der Waals surface area contributed by atoms with Crippen LogP contribution in [-0.4, -0.2) is 49.5 Å². The van der Waals surface area contributed by atoms with Gasteiger partial charge in [0.1, 0.15) is 5.75 Å². The second-order valence-electron chi connectivity index (χ2n) is 6.90. The van der Waals surface area contributed by atoms with Crippen LogP contribution in [0.1, 0.15) is 10.4 Å². The van der Waals surface area contributed by atoms with E-state index in [9.17, 15) is 4.79 Å². The van der Waals surface area contributed by atoms with Gasteiger partial charge >= 0.3 is 0 Å². The van der Waals surface area contributed by atoms with Crippen molar-refractivity contribution < 1.29 is 14.3 Å². The molecule has 8 nitrogen and oxygen atoms in total. The van der Waals surface area contributed by atoms with Crippen molar-refractivity contribution in [3.05, 3.63) is 64.8 Å². The lowest BCUT2D eigenvalue weighted by molar-refractivity contribution is 0.102. The molecule has 4 rings (SSSR count). The molecule has 0 spiro atoms. The van der Waals surface area contributed by atoms with E-state index >= 15 is 0 Å². The molecule has 3 aromatic rings. The van der Waals surface area contributed by atoms with Gasteiger partial charge in [0.15, 0.2) is 5.82 Å². The van der Waals surface area contributed by atoms with E-state index in [0.717, 1.165) is 24.5 Å². The smallest absolute Gasteiger partial charge is 0.256 e. The number of hydrogen-bond donors (Lipinski definition) is 2. The standard InChI is InChI=1S/C22H22BrN5O3/c1-30-18-6-7-20(23)19(13-18)22(29)26-16-4-2-15(3-5-16)25-21-12-17(14-24-27-21)28-8-10-31-11-9-28/h2-7,12-14H,8-11H2,1H3,(H,25,27)(H,26,29). The second-order valence-corrected chi connectivity index (χ2v) is 7.76. The average molecular weight is 484 g/mol. The number of hydrogen-bond acceptors (Lipinski definition) is 7. The van der Waals surface area contributed by atoms with Crippen LogP contribution in [0.5, 0.6) is 5.75 Å². The van der Waals surface area contributed by atoms with E-state index in [4.69, 9.17) is 9.47 Å². The van der Waals surface area contributed by atoms with Gasteiger partial charge in [-0.1, -0.05) is 0 Å². The number of methoxy groups -OCH3 is 1. The van der Waals surface area contributed by atoms with E-state index in [1.807, 2.05) is 30.3 Å². The molecular formula is C22H22BrN5O3. The van der Waals surface area contributed by atoms with Crippen molar-refractivity contribution in [1.82, 2.24) is 10.2 Å². The Balaban J connectivity index is 1.41. The molecule has 9 heteroatoms. The third-order valence-corrected chi connectivity index (χ3v) is 5.54. The van der Waals surface area contributed by atoms with Crippen LogP contribution in [0.25, 0.3) is 0 Å². The highest BCUT2D eigenvalue weighted by Gasteiger charge is 2.13. The Morgan fingerprint density at radius 3 is 2.58 bits per heavy atom. The molecule has 0 atom stereocenters. The molecule has 2 N–H and O–H groups in total. The first-order valence-electron chi connectivity index (χ1n) is 9.80. The van der Waals surface area contributed by atoms with Gasteiger partial charge in [-0.3, -0.25) is 4.79 Å². The van der Waals surface area contributed by atoms with Crippen LogP contribution in [0.3, 0.4) is 0 Å². The number of carbonyl (C=O) groups is 1. The fourth-order valence-electron chi connectivity index (χ4n) is 3.20. The van der Waals surface area contributed by atoms with Crippen LogP contribution in [-0.2, 0) is 4.74 Å². The molecule has 0 radical (unpaired) electrons. The van der Waals surface area contributed by atoms with Gasteiger partial charge in [-0.05, 0) is 58.4 Å². The normalized spacial score (nSPS) is 13.5. The first-order valence-corrected chi connectivity index (χ1v) is 10.6. The molecule has 1 saturated heterocycles. The number of nitrogens with one attached hydrogen (secondary N) is 2. The topological polar surface area (TPSA) is 88.6 Å². The van der Waals surface area contributed by atoms with Crippen LogP contribution in [0.4, 0.5) is 22.9 Å². The number of carbonyl (C=O) groups excluding carboxylic acids is 1. The SMILES string of the molecule is COc1ccc(Br)c(C(=O)Nc2ccc(Nc3cc(N4CCOCC4)cnn3)cc2)c1. The van der Waals surface area contributed by atoms with Crippen molar-refractivity contribution in [3.8, 4) is 5.75 Å². The zero-order chi connectivity index (χ0) is 21.6. The van der Waals surface area contributed by atoms with Crippen LogP contribution >= 0.6 is 15.9 Å². The van der Waals surface area contributed by atoms with Crippen molar-refractivity contribution in [3.63, 3.8) is 0 Å². The minimum absolute atomic E-state index is 0.226. The Morgan fingerprint density at radius 2 is 1.84 bits per heavy atom. The second kappa shape index (κ2) is 9.76. The van der Waals surface area contributed by atoms with Gasteiger partial charge in [0.25, 0.3) is 5.91 Å². The molecule has 1 aliphatic heterocycles. The van der Waals surface area contributed by atoms with E-state index in [0.29, 0.717) is 40.5 Å². The number of anilines is 4. The minimum Gasteiger partial charge on any atom is -0.497 e. The zero-order valence-corrected chi connectivity index (χ0v) is 18.6. The highest BCUT2D eigenvalue weighted by Crippen LogP contribution is 2.25. The molecule has 0 aliphatic carbocycles. The highest BCUT2D eigenvalue weighted by molar-refractivity contribution is 9.10. The predicted octanol–water partition coefficient (Wildman–Crippen LogP) is 4.08. The number of morpholine rings is 1. The first kappa shape index (κ1) is 21.1. The number of amides is 1. The molecule has 0 unspecified atom stereocenters. The zero-order valence-electron chi connectivity index (χ0n) is 17.0. The Kier molecular flexibility index (Phi) is 6.63. The quantitative estimate of drug-likeness (QED) is 0.545. The van der Waals surface area contributed by atoms with Crippen LogP contribution < -0.4 is 20.3 Å². The number of benzene rings is 2. The summed E-state index contributed by atoms with van der Waals surface area (Å²) in [5.41, 5.74) is 3.03. The molecule has 31 heavy (non-hydrogen) atoms. The number of ether oxygens (including phenoxy) is 2. The summed E-state index contributed by atoms with van der Waals surface area (Å²) in [6.45, 7) is 3.10. The molecule has 1 fully saturated rings. The first-order chi connectivity index (χ1) is 15.1. The summed E-state index contributed by atoms with van der Waals surface area (Å²) in [7, 11) is 1.57. The maximum absolute atomic E-state index is 12.6. The van der Waals surface area contributed by atoms with Gasteiger partial charge in [0.05, 0.1) is 37.8 Å². The van der Waals surface area contributed by atoms with Gasteiger partial charge in [0.2, 0.25) is 0 Å². The number of nitrogens with zero attached hydrogens (tertiary/aromatic N) is 3. The maximum atomic E-state index is 12.6. The van der Waals surface area contributed by atoms with Crippen molar-refractivity contribution in [2.75, 3.05) is 48.9 Å². The molecule has 1 aromatic heterocycles. The monoisotopic (exact) mass is 483 g/mol. The largest absolute Gasteiger partial charge is 0.497 e. The predicted molar refractivity (Wildman–Crippen MR) is 123 cm³/mol. The van der Waals surface area contributed by atoms with Gasteiger partial charge in [-0.25, -0.2) is 0 Å². The highest BCUT2D eigenvalue weighted by atomic mass is 79.9. The summed E-state index contributed by atoms with van der Waals surface area (Å²) in [4.78, 5) is 14.8. The van der Waals surface area contributed by atoms with Crippen molar-refractivity contribution in [2.45, 2.75) is 0 Å². The van der Waals surface area contributed by atoms with E-state index < -0.39 is 0 Å². The molecule has 0 saturated carbocycles. The van der Waals surface area contributed by atoms with Crippen LogP contribution in [0, 0.1) is 0 Å². The summed E-state index contributed by atoms with van der Waals surface area (Å²) in [5, 5.41) is 14.4. The fourth-order valence-corrected chi connectivity index (χ4v) is 3.63. The van der Waals surface area contributed by atoms with E-state index in [1.54, 1.807) is 31.5 Å². The third kappa shape index (κ3) is 5.31. The molecular weight excluding hydrogens is 462 g/mol. The Morgan fingerprint density at radius 1 is 1.10 bits per heavy atom. The van der Waals surface area contributed by atoms with E-state index in [-0.39, 0.29) is 5.91 Å². The van der Waals surface area contributed by atoms with E-state index in [1.165, 1.54) is 0 Å². The minimum atomic E-state index is -0.226. The van der Waals surface area contributed by atoms with Gasteiger partial charge < -0.3 is 25.0 Å². The summed E-state index contributed by atoms with van der Waals surface area (Å²) < 4.78 is 11.3. The van der Waals surface area contributed by atoms with Gasteiger partial charge in [-0.15, -0.1) is 5.10 Å². The Bertz CT molecular complexity index is 1060. The molecule has 160 valence electrons. The number of rotatable bonds is 6. The maximum Gasteiger partial charge on any atom is 0.256 e. The number of halogens is 1. The summed E-state index contributed by atoms with van der Waals surface area (Å²) >= 11 is 3.41. The molecule has 1 amide bonds. The molecule has 1 aliphatic rings. The van der Waals surface area contributed by atoms with Crippen molar-refractivity contribution in [1.29, 1.82) is 0 Å². The Hall–Kier alpha value is -3.17. The van der Waals surface area contributed by atoms with Crippen LogP contribution in [0.2, 0.25) is 0 Å². The average Bonchev–Trinajstić information content (AvgIpc) is 2.81. The molecule has 0 bridgehead atoms. The summed E-state index contributed by atoms with van der Waals surface area (Å²) in [6.07, 6.45) is 1.76. The Labute approximate surface area is 188 Å². The lowest BCUT2D eigenvalue weighted by atomic mass is 10.2. The summed E-state index contributed by atoms with van der Waals surface area (Å²) in [5.74, 6) is 1.05. The van der Waals surface area contributed by atoms with Gasteiger partial charge in [-0.2, -0.15) is 5.10 Å². The molecule has 2 aromatic carbocycles.